The number of nitrogens with two attached hydrogens (primary N) is 1. The predicted molar refractivity (Wildman–Crippen MR) is 134 cm³/mol. The van der Waals surface area contributed by atoms with E-state index in [1.165, 1.54) is 0 Å². The van der Waals surface area contributed by atoms with Crippen LogP contribution in [0.4, 0.5) is 22.7 Å². The first kappa shape index (κ1) is 19.8. The quantitative estimate of drug-likeness (QED) is 0.0986. The van der Waals surface area contributed by atoms with E-state index in [0.29, 0.717) is 0 Å². The van der Waals surface area contributed by atoms with Crippen LogP contribution in [0.1, 0.15) is 0 Å². The van der Waals surface area contributed by atoms with Crippen LogP contribution < -0.4 is 14.0 Å². The normalized spacial score (nSPS) is 10.6. The number of anilines is 4. The van der Waals surface area contributed by atoms with Crippen LogP contribution >= 0.6 is 35.5 Å². The molecule has 0 radical (unpaired) electrons. The maximum Gasteiger partial charge on any atom is 0.0770 e. The van der Waals surface area contributed by atoms with Gasteiger partial charge in [-0.05, 0) is 59.7 Å². The molecule has 4 rings (SSSR count). The molecule has 4 aromatic carbocycles. The number of thiol groups is 1. The number of nitrogens with zero attached hydrogens (tertiary/aromatic N) is 2. The number of benzene rings is 4. The number of hydrazine groups is 1. The van der Waals surface area contributed by atoms with Gasteiger partial charge in [-0.3, -0.25) is 0 Å². The third kappa shape index (κ3) is 4.42. The number of rotatable bonds is 5. The molecular weight excluding hydrogens is 489 g/mol. The second-order valence-corrected chi connectivity index (χ2v) is 8.09. The number of halogens is 1. The summed E-state index contributed by atoms with van der Waals surface area (Å²) in [5.41, 5.74) is 6.45. The third-order valence-corrected chi connectivity index (χ3v) is 5.59. The lowest BCUT2D eigenvalue weighted by molar-refractivity contribution is 1.21. The largest absolute Gasteiger partial charge is 0.311 e. The van der Waals surface area contributed by atoms with Gasteiger partial charge < -0.3 is 4.90 Å². The molecule has 0 fully saturated rings. The first-order valence-electron chi connectivity index (χ1n) is 9.18. The Morgan fingerprint density at radius 1 is 0.621 bits per heavy atom. The van der Waals surface area contributed by atoms with Crippen molar-refractivity contribution in [3.63, 3.8) is 0 Å². The Balaban J connectivity index is 1.73. The van der Waals surface area contributed by atoms with Gasteiger partial charge in [-0.1, -0.05) is 54.6 Å². The molecule has 0 aromatic heterocycles. The Kier molecular flexibility index (Phi) is 6.08. The molecule has 5 heteroatoms. The van der Waals surface area contributed by atoms with Gasteiger partial charge in [0.2, 0.25) is 0 Å². The van der Waals surface area contributed by atoms with Gasteiger partial charge in [-0.25, -0.2) is 9.06 Å². The molecule has 2 N–H and O–H groups in total. The first-order chi connectivity index (χ1) is 14.1. The van der Waals surface area contributed by atoms with E-state index >= 15 is 0 Å². The van der Waals surface area contributed by atoms with Crippen molar-refractivity contribution < 1.29 is 0 Å². The van der Waals surface area contributed by atoms with Crippen LogP contribution in [0.2, 0.25) is 0 Å². The second kappa shape index (κ2) is 8.90. The lowest BCUT2D eigenvalue weighted by Crippen LogP contribution is -2.17. The van der Waals surface area contributed by atoms with Gasteiger partial charge in [0.05, 0.1) is 28.6 Å². The summed E-state index contributed by atoms with van der Waals surface area (Å²) in [5, 5.41) is 0. The summed E-state index contributed by atoms with van der Waals surface area (Å²) in [6.07, 6.45) is 0. The minimum Gasteiger partial charge on any atom is -0.311 e. The van der Waals surface area contributed by atoms with Gasteiger partial charge in [0.25, 0.3) is 0 Å². The highest BCUT2D eigenvalue weighted by molar-refractivity contribution is 14.1. The Morgan fingerprint density at radius 2 is 1.10 bits per heavy atom. The van der Waals surface area contributed by atoms with E-state index in [1.54, 1.807) is 3.22 Å². The Bertz CT molecular complexity index is 1040. The fourth-order valence-electron chi connectivity index (χ4n) is 3.28. The molecule has 0 saturated heterocycles. The van der Waals surface area contributed by atoms with Crippen molar-refractivity contribution in [3.05, 3.63) is 103 Å². The van der Waals surface area contributed by atoms with E-state index in [1.807, 2.05) is 18.2 Å². The molecule has 4 aromatic rings. The van der Waals surface area contributed by atoms with Crippen LogP contribution in [0.15, 0.2) is 108 Å². The van der Waals surface area contributed by atoms with Crippen LogP contribution in [-0.2, 0) is 0 Å². The number of para-hydroxylation sites is 2. The molecule has 29 heavy (non-hydrogen) atoms. The zero-order valence-corrected chi connectivity index (χ0v) is 18.7. The van der Waals surface area contributed by atoms with Crippen molar-refractivity contribution in [2.75, 3.05) is 8.12 Å². The average molecular weight is 509 g/mol. The summed E-state index contributed by atoms with van der Waals surface area (Å²) < 4.78 is 1.56. The van der Waals surface area contributed by atoms with E-state index in [0.717, 1.165) is 38.8 Å². The summed E-state index contributed by atoms with van der Waals surface area (Å²) in [6, 6.07) is 35.4. The third-order valence-electron chi connectivity index (χ3n) is 4.69. The molecule has 0 saturated carbocycles. The van der Waals surface area contributed by atoms with Crippen molar-refractivity contribution in [1.29, 1.82) is 0 Å². The highest BCUT2D eigenvalue weighted by atomic mass is 127. The Labute approximate surface area is 190 Å². The lowest BCUT2D eigenvalue weighted by atomic mass is 10.0. The maximum atomic E-state index is 5.92. The van der Waals surface area contributed by atoms with E-state index in [2.05, 4.69) is 125 Å². The summed E-state index contributed by atoms with van der Waals surface area (Å²) in [4.78, 5) is 3.10. The monoisotopic (exact) mass is 509 g/mol. The first-order valence-corrected chi connectivity index (χ1v) is 10.6. The molecule has 0 unspecified atom stereocenters. The zero-order chi connectivity index (χ0) is 20.2. The maximum absolute atomic E-state index is 5.92. The zero-order valence-electron chi connectivity index (χ0n) is 15.6. The van der Waals surface area contributed by atoms with E-state index < -0.39 is 0 Å². The van der Waals surface area contributed by atoms with E-state index in [-0.39, 0.29) is 0 Å². The molecule has 0 amide bonds. The molecule has 0 spiro atoms. The van der Waals surface area contributed by atoms with Crippen LogP contribution in [0, 0.1) is 0 Å². The molecule has 0 aliphatic rings. The molecule has 0 aliphatic carbocycles. The van der Waals surface area contributed by atoms with Crippen molar-refractivity contribution in [2.45, 2.75) is 4.90 Å². The van der Waals surface area contributed by atoms with Gasteiger partial charge in [0.15, 0.2) is 0 Å². The molecule has 144 valence electrons. The van der Waals surface area contributed by atoms with Crippen molar-refractivity contribution in [1.82, 2.24) is 0 Å². The summed E-state index contributed by atoms with van der Waals surface area (Å²) >= 11 is 6.54. The van der Waals surface area contributed by atoms with E-state index in [4.69, 9.17) is 5.84 Å². The second-order valence-electron chi connectivity index (χ2n) is 6.57. The lowest BCUT2D eigenvalue weighted by Gasteiger charge is -2.25. The van der Waals surface area contributed by atoms with Crippen LogP contribution in [0.25, 0.3) is 11.1 Å². The number of hydrogen-bond acceptors (Lipinski definition) is 4. The van der Waals surface area contributed by atoms with Gasteiger partial charge in [0.1, 0.15) is 0 Å². The Morgan fingerprint density at radius 3 is 1.62 bits per heavy atom. The van der Waals surface area contributed by atoms with Crippen molar-refractivity contribution >= 4 is 58.2 Å². The molecular formula is C24H20IN3S. The topological polar surface area (TPSA) is 32.5 Å². The van der Waals surface area contributed by atoms with Gasteiger partial charge in [-0.15, -0.1) is 12.6 Å². The van der Waals surface area contributed by atoms with Crippen LogP contribution in [0.3, 0.4) is 0 Å². The van der Waals surface area contributed by atoms with Crippen molar-refractivity contribution in [3.8, 4) is 11.1 Å². The standard InChI is InChI=1S/C24H20IN3S/c25-28(26)23-17-19(13-16-24(23)29)18-11-14-22(15-12-18)27(20-7-3-1-4-8-20)21-9-5-2-6-10-21/h1-17,29H,26H2. The summed E-state index contributed by atoms with van der Waals surface area (Å²) in [7, 11) is 0. The minimum absolute atomic E-state index is 0.849. The molecule has 0 aliphatic heterocycles. The summed E-state index contributed by atoms with van der Waals surface area (Å²) in [5.74, 6) is 5.92. The fraction of sp³-hybridized carbons (Fsp3) is 0. The highest BCUT2D eigenvalue weighted by Crippen LogP contribution is 2.36. The minimum atomic E-state index is 0.849. The van der Waals surface area contributed by atoms with Gasteiger partial charge >= 0.3 is 0 Å². The molecule has 0 bridgehead atoms. The van der Waals surface area contributed by atoms with E-state index in [9.17, 15) is 0 Å². The predicted octanol–water partition coefficient (Wildman–Crippen LogP) is 7.14. The molecule has 0 atom stereocenters. The molecule has 0 heterocycles. The SMILES string of the molecule is NN(I)c1cc(-c2ccc(N(c3ccccc3)c3ccccc3)cc2)ccc1S. The molecule has 3 nitrogen and oxygen atoms in total. The van der Waals surface area contributed by atoms with Gasteiger partial charge in [0, 0.05) is 22.0 Å². The number of hydrogen-bond donors (Lipinski definition) is 2. The highest BCUT2D eigenvalue weighted by Gasteiger charge is 2.12. The van der Waals surface area contributed by atoms with Crippen LogP contribution in [0.5, 0.6) is 0 Å². The average Bonchev–Trinajstić information content (AvgIpc) is 2.76. The van der Waals surface area contributed by atoms with Crippen molar-refractivity contribution in [2.24, 2.45) is 5.84 Å². The Hall–Kier alpha value is -2.48. The smallest absolute Gasteiger partial charge is 0.0770 e. The fourth-order valence-corrected chi connectivity index (χ4v) is 4.12. The van der Waals surface area contributed by atoms with Crippen LogP contribution in [-0.4, -0.2) is 0 Å². The summed E-state index contributed by atoms with van der Waals surface area (Å²) in [6.45, 7) is 0. The van der Waals surface area contributed by atoms with Gasteiger partial charge in [-0.2, -0.15) is 0 Å².